The fraction of sp³-hybridized carbons (Fsp3) is 0.385. The van der Waals surface area contributed by atoms with Crippen molar-refractivity contribution < 1.29 is 0 Å². The van der Waals surface area contributed by atoms with Crippen LogP contribution >= 0.6 is 23.8 Å². The molecule has 0 aliphatic carbocycles. The van der Waals surface area contributed by atoms with E-state index in [9.17, 15) is 0 Å². The van der Waals surface area contributed by atoms with Crippen molar-refractivity contribution in [2.75, 3.05) is 22.9 Å². The molecule has 2 saturated heterocycles. The molecule has 0 unspecified atom stereocenters. The minimum atomic E-state index is -0.0704. The molecule has 4 heterocycles. The summed E-state index contributed by atoms with van der Waals surface area (Å²) in [6, 6.07) is 16.4. The van der Waals surface area contributed by atoms with Gasteiger partial charge in [0.05, 0.1) is 22.4 Å². The molecule has 3 aromatic rings. The van der Waals surface area contributed by atoms with Crippen LogP contribution in [-0.2, 0) is 0 Å². The van der Waals surface area contributed by atoms with Gasteiger partial charge in [0.25, 0.3) is 0 Å². The van der Waals surface area contributed by atoms with Gasteiger partial charge in [0, 0.05) is 36.4 Å². The van der Waals surface area contributed by atoms with Gasteiger partial charge in [-0.1, -0.05) is 31.5 Å². The number of H-pyrrole nitrogens is 1. The number of halogens is 1. The Morgan fingerprint density at radius 3 is 2.48 bits per heavy atom. The van der Waals surface area contributed by atoms with Gasteiger partial charge in [0.2, 0.25) is 0 Å². The van der Waals surface area contributed by atoms with Crippen LogP contribution < -0.4 is 15.1 Å². The predicted octanol–water partition coefficient (Wildman–Crippen LogP) is 6.03. The molecule has 172 valence electrons. The number of aromatic nitrogens is 2. The summed E-state index contributed by atoms with van der Waals surface area (Å²) in [7, 11) is 0. The molecule has 0 bridgehead atoms. The van der Waals surface area contributed by atoms with Gasteiger partial charge >= 0.3 is 0 Å². The smallest absolute Gasteiger partial charge is 0.174 e. The first-order valence-corrected chi connectivity index (χ1v) is 12.4. The third kappa shape index (κ3) is 4.34. The molecule has 0 spiro atoms. The highest BCUT2D eigenvalue weighted by atomic mass is 35.5. The quantitative estimate of drug-likeness (QED) is 0.447. The summed E-state index contributed by atoms with van der Waals surface area (Å²) >= 11 is 12.7. The summed E-state index contributed by atoms with van der Waals surface area (Å²) in [5.41, 5.74) is 5.25. The number of aromatic amines is 1. The first-order valence-electron chi connectivity index (χ1n) is 11.6. The molecule has 2 fully saturated rings. The van der Waals surface area contributed by atoms with Gasteiger partial charge < -0.3 is 20.1 Å². The van der Waals surface area contributed by atoms with E-state index in [0.29, 0.717) is 16.9 Å². The van der Waals surface area contributed by atoms with Crippen molar-refractivity contribution in [2.45, 2.75) is 39.3 Å². The Bertz CT molecular complexity index is 1140. The molecule has 7 heteroatoms. The van der Waals surface area contributed by atoms with Crippen LogP contribution in [0, 0.1) is 18.8 Å². The Morgan fingerprint density at radius 1 is 1.06 bits per heavy atom. The summed E-state index contributed by atoms with van der Waals surface area (Å²) in [5, 5.41) is 4.94. The lowest BCUT2D eigenvalue weighted by Gasteiger charge is -2.37. The zero-order chi connectivity index (χ0) is 23.1. The molecule has 5 nitrogen and oxygen atoms in total. The number of piperidine rings is 1. The third-order valence-corrected chi connectivity index (χ3v) is 7.31. The van der Waals surface area contributed by atoms with E-state index in [2.05, 4.69) is 76.2 Å². The van der Waals surface area contributed by atoms with Crippen LogP contribution in [0.15, 0.2) is 54.7 Å². The lowest BCUT2D eigenvalue weighted by molar-refractivity contribution is 0.357. The Hall–Kier alpha value is -2.57. The molecule has 1 aromatic carbocycles. The number of aryl methyl sites for hydroxylation is 1. The molecule has 2 aliphatic heterocycles. The number of thiocarbonyl (C=S) groups is 1. The highest BCUT2D eigenvalue weighted by Crippen LogP contribution is 2.43. The Balaban J connectivity index is 1.51. The number of hydrogen-bond acceptors (Lipinski definition) is 3. The Kier molecular flexibility index (Phi) is 6.06. The van der Waals surface area contributed by atoms with Gasteiger partial charge in [-0.3, -0.25) is 4.98 Å². The summed E-state index contributed by atoms with van der Waals surface area (Å²) in [6.07, 6.45) is 3.10. The van der Waals surface area contributed by atoms with Crippen molar-refractivity contribution in [3.63, 3.8) is 0 Å². The average molecular weight is 480 g/mol. The second-order valence-electron chi connectivity index (χ2n) is 9.58. The van der Waals surface area contributed by atoms with Gasteiger partial charge in [-0.05, 0) is 79.9 Å². The van der Waals surface area contributed by atoms with E-state index in [1.807, 2.05) is 24.4 Å². The van der Waals surface area contributed by atoms with Crippen molar-refractivity contribution in [1.29, 1.82) is 0 Å². The minimum Gasteiger partial charge on any atom is -0.370 e. The number of pyridine rings is 1. The number of rotatable bonds is 4. The van der Waals surface area contributed by atoms with E-state index < -0.39 is 0 Å². The van der Waals surface area contributed by atoms with Crippen molar-refractivity contribution in [2.24, 2.45) is 11.8 Å². The molecule has 0 amide bonds. The van der Waals surface area contributed by atoms with Crippen LogP contribution in [0.2, 0.25) is 5.02 Å². The molecule has 4 atom stereocenters. The topological polar surface area (TPSA) is 47.2 Å². The molecule has 33 heavy (non-hydrogen) atoms. The number of benzene rings is 1. The van der Waals surface area contributed by atoms with Crippen molar-refractivity contribution in [1.82, 2.24) is 15.3 Å². The Morgan fingerprint density at radius 2 is 1.85 bits per heavy atom. The highest BCUT2D eigenvalue weighted by molar-refractivity contribution is 7.80. The first-order chi connectivity index (χ1) is 15.9. The van der Waals surface area contributed by atoms with Gasteiger partial charge in [-0.15, -0.1) is 0 Å². The van der Waals surface area contributed by atoms with Crippen LogP contribution in [0.1, 0.15) is 49.4 Å². The van der Waals surface area contributed by atoms with Crippen LogP contribution in [0.5, 0.6) is 0 Å². The van der Waals surface area contributed by atoms with Crippen LogP contribution in [0.3, 0.4) is 0 Å². The fourth-order valence-electron chi connectivity index (χ4n) is 5.41. The van der Waals surface area contributed by atoms with E-state index in [0.717, 1.165) is 46.6 Å². The van der Waals surface area contributed by atoms with Crippen molar-refractivity contribution in [3.8, 4) is 0 Å². The SMILES string of the molecule is Cc1ccc([C@H]2[C@@H](c3ccccn3)NC(=S)N2c2ccc(N3C[C@H](C)C[C@H](C)C3)c(Cl)c2)[nH]1. The van der Waals surface area contributed by atoms with E-state index in [-0.39, 0.29) is 12.1 Å². The standard InChI is InChI=1S/C26H30ClN5S/c1-16-12-17(2)15-31(14-16)23-10-8-19(13-20(23)27)32-25(22-9-7-18(3)29-22)24(30-26(32)33)21-6-4-5-11-28-21/h4-11,13,16-17,24-25,29H,12,14-15H2,1-3H3,(H,30,33)/t16-,17+,24-,25+/m1/s1. The number of nitrogens with zero attached hydrogens (tertiary/aromatic N) is 3. The first kappa shape index (κ1) is 22.2. The monoisotopic (exact) mass is 479 g/mol. The van der Waals surface area contributed by atoms with Crippen LogP contribution in [0.25, 0.3) is 0 Å². The second-order valence-corrected chi connectivity index (χ2v) is 10.4. The van der Waals surface area contributed by atoms with E-state index >= 15 is 0 Å². The van der Waals surface area contributed by atoms with Gasteiger partial charge in [-0.25, -0.2) is 0 Å². The molecule has 2 N–H and O–H groups in total. The Labute approximate surface area is 206 Å². The summed E-state index contributed by atoms with van der Waals surface area (Å²) in [4.78, 5) is 12.7. The lowest BCUT2D eigenvalue weighted by atomic mass is 9.91. The largest absolute Gasteiger partial charge is 0.370 e. The van der Waals surface area contributed by atoms with Crippen molar-refractivity contribution in [3.05, 3.63) is 76.8 Å². The maximum Gasteiger partial charge on any atom is 0.174 e. The van der Waals surface area contributed by atoms with Gasteiger partial charge in [-0.2, -0.15) is 0 Å². The number of hydrogen-bond donors (Lipinski definition) is 2. The summed E-state index contributed by atoms with van der Waals surface area (Å²) in [6.45, 7) is 8.79. The molecule has 2 aromatic heterocycles. The zero-order valence-corrected chi connectivity index (χ0v) is 20.8. The average Bonchev–Trinajstić information content (AvgIpc) is 3.36. The fourth-order valence-corrected chi connectivity index (χ4v) is 6.05. The predicted molar refractivity (Wildman–Crippen MR) is 140 cm³/mol. The molecule has 5 rings (SSSR count). The van der Waals surface area contributed by atoms with Crippen LogP contribution in [-0.4, -0.2) is 28.2 Å². The second kappa shape index (κ2) is 8.99. The molecule has 2 aliphatic rings. The third-order valence-electron chi connectivity index (χ3n) is 6.69. The van der Waals surface area contributed by atoms with Crippen LogP contribution in [0.4, 0.5) is 11.4 Å². The minimum absolute atomic E-state index is 0.0574. The molecular formula is C26H30ClN5S. The maximum atomic E-state index is 6.88. The summed E-state index contributed by atoms with van der Waals surface area (Å²) in [5.74, 6) is 1.33. The van der Waals surface area contributed by atoms with Gasteiger partial charge in [0.1, 0.15) is 6.04 Å². The van der Waals surface area contributed by atoms with E-state index in [1.54, 1.807) is 0 Å². The zero-order valence-electron chi connectivity index (χ0n) is 19.3. The number of anilines is 2. The van der Waals surface area contributed by atoms with Gasteiger partial charge in [0.15, 0.2) is 5.11 Å². The van der Waals surface area contributed by atoms with Crippen molar-refractivity contribution >= 4 is 40.3 Å². The van der Waals surface area contributed by atoms with E-state index in [4.69, 9.17) is 23.8 Å². The number of nitrogens with one attached hydrogen (secondary N) is 2. The molecular weight excluding hydrogens is 450 g/mol. The molecule has 0 radical (unpaired) electrons. The lowest BCUT2D eigenvalue weighted by Crippen LogP contribution is -2.38. The summed E-state index contributed by atoms with van der Waals surface area (Å²) < 4.78 is 0. The highest BCUT2D eigenvalue weighted by Gasteiger charge is 2.41. The maximum absolute atomic E-state index is 6.88. The van der Waals surface area contributed by atoms with E-state index in [1.165, 1.54) is 6.42 Å². The molecule has 0 saturated carbocycles. The normalized spacial score (nSPS) is 25.4.